The molecule has 4 rings (SSSR count). The minimum absolute atomic E-state index is 0.0207. The zero-order valence-corrected chi connectivity index (χ0v) is 17.9. The highest BCUT2D eigenvalue weighted by molar-refractivity contribution is 5.81. The van der Waals surface area contributed by atoms with Gasteiger partial charge in [-0.3, -0.25) is 9.59 Å². The van der Waals surface area contributed by atoms with E-state index < -0.39 is 0 Å². The summed E-state index contributed by atoms with van der Waals surface area (Å²) in [5.41, 5.74) is 2.10. The Hall–Kier alpha value is -2.60. The number of hydrogen-bond acceptors (Lipinski definition) is 3. The molecule has 0 bridgehead atoms. The number of rotatable bonds is 4. The van der Waals surface area contributed by atoms with Crippen LogP contribution in [0.3, 0.4) is 0 Å². The van der Waals surface area contributed by atoms with Gasteiger partial charge in [0.1, 0.15) is 0 Å². The van der Waals surface area contributed by atoms with E-state index in [0.29, 0.717) is 32.6 Å². The molecule has 2 saturated heterocycles. The molecule has 160 valence electrons. The Kier molecular flexibility index (Phi) is 6.23. The standard InChI is InChI=1S/C24H31N3O3/c1-18-16-27(17-19(2)30-18)24(29)21-9-13-26(14-10-21)23(28)15-20-5-7-22(8-6-20)25-11-3-4-12-25/h3-8,11-12,18-19,21H,9-10,13-17H2,1-2H3/t18-,19+. The molecule has 3 heterocycles. The van der Waals surface area contributed by atoms with Gasteiger partial charge in [0.05, 0.1) is 18.6 Å². The lowest BCUT2D eigenvalue weighted by molar-refractivity contribution is -0.150. The summed E-state index contributed by atoms with van der Waals surface area (Å²) in [6.07, 6.45) is 6.08. The molecule has 0 spiro atoms. The van der Waals surface area contributed by atoms with Crippen LogP contribution in [0.1, 0.15) is 32.3 Å². The molecule has 2 aliphatic heterocycles. The van der Waals surface area contributed by atoms with E-state index in [0.717, 1.165) is 24.1 Å². The van der Waals surface area contributed by atoms with Gasteiger partial charge >= 0.3 is 0 Å². The molecule has 2 aromatic rings. The van der Waals surface area contributed by atoms with E-state index in [2.05, 4.69) is 0 Å². The van der Waals surface area contributed by atoms with E-state index in [-0.39, 0.29) is 29.9 Å². The van der Waals surface area contributed by atoms with Crippen molar-refractivity contribution in [2.45, 2.75) is 45.3 Å². The van der Waals surface area contributed by atoms with Crippen molar-refractivity contribution >= 4 is 11.8 Å². The Bertz CT molecular complexity index is 844. The van der Waals surface area contributed by atoms with Crippen molar-refractivity contribution in [1.82, 2.24) is 14.4 Å². The molecule has 0 N–H and O–H groups in total. The quantitative estimate of drug-likeness (QED) is 0.780. The Morgan fingerprint density at radius 3 is 2.13 bits per heavy atom. The average Bonchev–Trinajstić information content (AvgIpc) is 3.28. The van der Waals surface area contributed by atoms with Gasteiger partial charge in [0.15, 0.2) is 0 Å². The predicted molar refractivity (Wildman–Crippen MR) is 115 cm³/mol. The van der Waals surface area contributed by atoms with Crippen molar-refractivity contribution in [2.75, 3.05) is 26.2 Å². The van der Waals surface area contributed by atoms with Gasteiger partial charge in [-0.25, -0.2) is 0 Å². The minimum atomic E-state index is 0.0207. The Labute approximate surface area is 178 Å². The van der Waals surface area contributed by atoms with Gasteiger partial charge in [0, 0.05) is 50.2 Å². The number of amides is 2. The van der Waals surface area contributed by atoms with E-state index in [1.807, 2.05) is 77.0 Å². The third-order valence-corrected chi connectivity index (χ3v) is 6.12. The van der Waals surface area contributed by atoms with Crippen LogP contribution in [0.2, 0.25) is 0 Å². The smallest absolute Gasteiger partial charge is 0.226 e. The summed E-state index contributed by atoms with van der Waals surface area (Å²) in [6, 6.07) is 12.1. The molecule has 6 heteroatoms. The summed E-state index contributed by atoms with van der Waals surface area (Å²) >= 11 is 0. The first-order valence-corrected chi connectivity index (χ1v) is 10.9. The van der Waals surface area contributed by atoms with Gasteiger partial charge in [-0.15, -0.1) is 0 Å². The van der Waals surface area contributed by atoms with Crippen LogP contribution in [0.5, 0.6) is 0 Å². The van der Waals surface area contributed by atoms with Crippen molar-refractivity contribution in [2.24, 2.45) is 5.92 Å². The molecule has 2 aliphatic rings. The Balaban J connectivity index is 1.27. The molecule has 0 radical (unpaired) electrons. The molecule has 2 atom stereocenters. The molecule has 30 heavy (non-hydrogen) atoms. The molecule has 0 aliphatic carbocycles. The largest absolute Gasteiger partial charge is 0.372 e. The molecule has 6 nitrogen and oxygen atoms in total. The maximum absolute atomic E-state index is 12.9. The number of benzene rings is 1. The summed E-state index contributed by atoms with van der Waals surface area (Å²) in [5.74, 6) is 0.389. The average molecular weight is 410 g/mol. The van der Waals surface area contributed by atoms with Crippen molar-refractivity contribution in [3.05, 3.63) is 54.4 Å². The van der Waals surface area contributed by atoms with Crippen LogP contribution in [-0.4, -0.2) is 64.6 Å². The second kappa shape index (κ2) is 9.04. The monoisotopic (exact) mass is 409 g/mol. The zero-order valence-electron chi connectivity index (χ0n) is 17.9. The van der Waals surface area contributed by atoms with Crippen LogP contribution >= 0.6 is 0 Å². The second-order valence-electron chi connectivity index (χ2n) is 8.59. The topological polar surface area (TPSA) is 54.8 Å². The maximum Gasteiger partial charge on any atom is 0.226 e. The Morgan fingerprint density at radius 1 is 0.933 bits per heavy atom. The molecule has 1 aromatic heterocycles. The third kappa shape index (κ3) is 4.75. The second-order valence-corrected chi connectivity index (χ2v) is 8.59. The summed E-state index contributed by atoms with van der Waals surface area (Å²) < 4.78 is 7.78. The van der Waals surface area contributed by atoms with Crippen molar-refractivity contribution < 1.29 is 14.3 Å². The van der Waals surface area contributed by atoms with E-state index in [9.17, 15) is 9.59 Å². The first-order chi connectivity index (χ1) is 14.5. The Morgan fingerprint density at radius 2 is 1.53 bits per heavy atom. The maximum atomic E-state index is 12.9. The minimum Gasteiger partial charge on any atom is -0.372 e. The van der Waals surface area contributed by atoms with E-state index in [1.54, 1.807) is 0 Å². The third-order valence-electron chi connectivity index (χ3n) is 6.12. The molecule has 2 fully saturated rings. The molecular formula is C24H31N3O3. The lowest BCUT2D eigenvalue weighted by atomic mass is 9.94. The van der Waals surface area contributed by atoms with Gasteiger partial charge in [0.25, 0.3) is 0 Å². The van der Waals surface area contributed by atoms with Gasteiger partial charge in [-0.05, 0) is 56.5 Å². The fourth-order valence-corrected chi connectivity index (χ4v) is 4.57. The molecular weight excluding hydrogens is 378 g/mol. The number of piperidine rings is 1. The summed E-state index contributed by atoms with van der Waals surface area (Å²) in [4.78, 5) is 29.5. The molecule has 2 amide bonds. The number of morpholine rings is 1. The first kappa shape index (κ1) is 20.7. The van der Waals surface area contributed by atoms with Gasteiger partial charge in [-0.1, -0.05) is 12.1 Å². The van der Waals surface area contributed by atoms with E-state index in [1.165, 1.54) is 0 Å². The lowest BCUT2D eigenvalue weighted by Gasteiger charge is -2.39. The van der Waals surface area contributed by atoms with Crippen molar-refractivity contribution in [3.8, 4) is 5.69 Å². The number of hydrogen-bond donors (Lipinski definition) is 0. The summed E-state index contributed by atoms with van der Waals surface area (Å²) in [6.45, 7) is 6.69. The number of aromatic nitrogens is 1. The molecule has 0 saturated carbocycles. The predicted octanol–water partition coefficient (Wildman–Crippen LogP) is 2.89. The van der Waals surface area contributed by atoms with Crippen LogP contribution in [0.4, 0.5) is 0 Å². The van der Waals surface area contributed by atoms with Gasteiger partial charge in [0.2, 0.25) is 11.8 Å². The first-order valence-electron chi connectivity index (χ1n) is 10.9. The number of carbonyl (C=O) groups excluding carboxylic acids is 2. The van der Waals surface area contributed by atoms with Crippen LogP contribution < -0.4 is 0 Å². The highest BCUT2D eigenvalue weighted by atomic mass is 16.5. The van der Waals surface area contributed by atoms with Gasteiger partial charge < -0.3 is 19.1 Å². The van der Waals surface area contributed by atoms with Crippen LogP contribution in [0.15, 0.2) is 48.8 Å². The highest BCUT2D eigenvalue weighted by Crippen LogP contribution is 2.23. The van der Waals surface area contributed by atoms with Crippen LogP contribution in [0.25, 0.3) is 5.69 Å². The van der Waals surface area contributed by atoms with Gasteiger partial charge in [-0.2, -0.15) is 0 Å². The number of carbonyl (C=O) groups is 2. The molecule has 0 unspecified atom stereocenters. The van der Waals surface area contributed by atoms with Crippen molar-refractivity contribution in [1.29, 1.82) is 0 Å². The van der Waals surface area contributed by atoms with Crippen LogP contribution in [-0.2, 0) is 20.7 Å². The van der Waals surface area contributed by atoms with E-state index in [4.69, 9.17) is 4.74 Å². The van der Waals surface area contributed by atoms with E-state index >= 15 is 0 Å². The summed E-state index contributed by atoms with van der Waals surface area (Å²) in [7, 11) is 0. The zero-order chi connectivity index (χ0) is 21.1. The SMILES string of the molecule is C[C@@H]1CN(C(=O)C2CCN(C(=O)Cc3ccc(-n4cccc4)cc3)CC2)C[C@H](C)O1. The highest BCUT2D eigenvalue weighted by Gasteiger charge is 2.33. The van der Waals surface area contributed by atoms with Crippen molar-refractivity contribution in [3.63, 3.8) is 0 Å². The lowest BCUT2D eigenvalue weighted by Crippen LogP contribution is -2.51. The number of ether oxygens (including phenoxy) is 1. The fourth-order valence-electron chi connectivity index (χ4n) is 4.57. The molecule has 1 aromatic carbocycles. The number of nitrogens with zero attached hydrogens (tertiary/aromatic N) is 3. The fraction of sp³-hybridized carbons (Fsp3) is 0.500. The summed E-state index contributed by atoms with van der Waals surface area (Å²) in [5, 5.41) is 0. The normalized spacial score (nSPS) is 22.9. The van der Waals surface area contributed by atoms with Crippen LogP contribution in [0, 0.1) is 5.92 Å². The number of likely N-dealkylation sites (tertiary alicyclic amines) is 1.